The minimum Gasteiger partial charge on any atom is -0.381 e. The smallest absolute Gasteiger partial charge is 0.228 e. The Morgan fingerprint density at radius 3 is 2.83 bits per heavy atom. The second-order valence-corrected chi connectivity index (χ2v) is 8.84. The fourth-order valence-corrected chi connectivity index (χ4v) is 5.02. The Bertz CT molecular complexity index is 976. The molecule has 2 heterocycles. The maximum absolute atomic E-state index is 12.7. The standard InChI is InChI=1S/C24H28N2O2S/c1-2-18-6-4-8-22-19(15-25-24(18)22)14-23(27)26-20-7-3-5-17(13-20)16-29-21-9-11-28-12-10-21/h3-8,13,15,21,25H,2,9-12,14,16H2,1H3,(H,26,27). The largest absolute Gasteiger partial charge is 0.381 e. The van der Waals surface area contributed by atoms with Crippen LogP contribution in [0.4, 0.5) is 5.69 Å². The van der Waals surface area contributed by atoms with E-state index in [1.165, 1.54) is 11.1 Å². The van der Waals surface area contributed by atoms with Gasteiger partial charge in [-0.05, 0) is 48.1 Å². The number of anilines is 1. The molecule has 0 bridgehead atoms. The van der Waals surface area contributed by atoms with E-state index in [9.17, 15) is 4.79 Å². The van der Waals surface area contributed by atoms with Gasteiger partial charge in [-0.1, -0.05) is 37.3 Å². The zero-order chi connectivity index (χ0) is 20.1. The predicted molar refractivity (Wildman–Crippen MR) is 122 cm³/mol. The second-order valence-electron chi connectivity index (χ2n) is 7.56. The molecule has 2 N–H and O–H groups in total. The van der Waals surface area contributed by atoms with Gasteiger partial charge in [-0.25, -0.2) is 0 Å². The molecule has 0 atom stereocenters. The summed E-state index contributed by atoms with van der Waals surface area (Å²) in [5.41, 5.74) is 5.58. The maximum Gasteiger partial charge on any atom is 0.228 e. The van der Waals surface area contributed by atoms with Gasteiger partial charge in [-0.15, -0.1) is 0 Å². The Balaban J connectivity index is 1.37. The first-order chi connectivity index (χ1) is 14.2. The molecule has 1 amide bonds. The van der Waals surface area contributed by atoms with Gasteiger partial charge in [0, 0.05) is 47.0 Å². The van der Waals surface area contributed by atoms with E-state index >= 15 is 0 Å². The molecule has 4 rings (SSSR count). The van der Waals surface area contributed by atoms with Crippen molar-refractivity contribution in [1.29, 1.82) is 0 Å². The number of carbonyl (C=O) groups is 1. The van der Waals surface area contributed by atoms with Crippen LogP contribution in [0.25, 0.3) is 10.9 Å². The fourth-order valence-electron chi connectivity index (χ4n) is 3.89. The highest BCUT2D eigenvalue weighted by atomic mass is 32.2. The first-order valence-corrected chi connectivity index (χ1v) is 11.4. The lowest BCUT2D eigenvalue weighted by atomic mass is 10.1. The number of H-pyrrole nitrogens is 1. The van der Waals surface area contributed by atoms with E-state index < -0.39 is 0 Å². The molecule has 5 heteroatoms. The molecule has 1 aromatic heterocycles. The van der Waals surface area contributed by atoms with E-state index in [-0.39, 0.29) is 5.91 Å². The Morgan fingerprint density at radius 2 is 2.00 bits per heavy atom. The number of aryl methyl sites for hydroxylation is 1. The molecular weight excluding hydrogens is 380 g/mol. The van der Waals surface area contributed by atoms with E-state index in [4.69, 9.17) is 4.74 Å². The summed E-state index contributed by atoms with van der Waals surface area (Å²) in [6.07, 6.45) is 5.57. The normalized spacial score (nSPS) is 14.9. The van der Waals surface area contributed by atoms with Gasteiger partial charge in [0.1, 0.15) is 0 Å². The van der Waals surface area contributed by atoms with Gasteiger partial charge in [0.05, 0.1) is 6.42 Å². The van der Waals surface area contributed by atoms with Crippen molar-refractivity contribution >= 4 is 34.3 Å². The molecule has 0 saturated carbocycles. The molecule has 0 aliphatic carbocycles. The number of amides is 1. The predicted octanol–water partition coefficient (Wildman–Crippen LogP) is 5.32. The van der Waals surface area contributed by atoms with Crippen molar-refractivity contribution in [2.24, 2.45) is 0 Å². The molecule has 29 heavy (non-hydrogen) atoms. The number of hydrogen-bond donors (Lipinski definition) is 2. The zero-order valence-corrected chi connectivity index (χ0v) is 17.7. The maximum atomic E-state index is 12.7. The third kappa shape index (κ3) is 5.03. The first-order valence-electron chi connectivity index (χ1n) is 10.4. The highest BCUT2D eigenvalue weighted by molar-refractivity contribution is 7.99. The highest BCUT2D eigenvalue weighted by Crippen LogP contribution is 2.27. The molecule has 0 unspecified atom stereocenters. The van der Waals surface area contributed by atoms with Crippen LogP contribution in [0.2, 0.25) is 0 Å². The molecule has 1 aliphatic rings. The topological polar surface area (TPSA) is 54.1 Å². The lowest BCUT2D eigenvalue weighted by molar-refractivity contribution is -0.115. The Labute approximate surface area is 176 Å². The van der Waals surface area contributed by atoms with Crippen LogP contribution in [0.3, 0.4) is 0 Å². The summed E-state index contributed by atoms with van der Waals surface area (Å²) in [5.74, 6) is 0.985. The lowest BCUT2D eigenvalue weighted by Gasteiger charge is -2.21. The van der Waals surface area contributed by atoms with Gasteiger partial charge in [0.25, 0.3) is 0 Å². The second kappa shape index (κ2) is 9.51. The van der Waals surface area contributed by atoms with Crippen LogP contribution < -0.4 is 5.32 Å². The minimum absolute atomic E-state index is 0.0158. The number of para-hydroxylation sites is 1. The molecular formula is C24H28N2O2S. The Hall–Kier alpha value is -2.24. The van der Waals surface area contributed by atoms with E-state index in [0.717, 1.165) is 60.4 Å². The van der Waals surface area contributed by atoms with E-state index in [0.29, 0.717) is 11.7 Å². The van der Waals surface area contributed by atoms with Crippen LogP contribution >= 0.6 is 11.8 Å². The number of nitrogens with one attached hydrogen (secondary N) is 2. The molecule has 0 spiro atoms. The van der Waals surface area contributed by atoms with Crippen LogP contribution in [0.5, 0.6) is 0 Å². The number of fused-ring (bicyclic) bond motifs is 1. The quantitative estimate of drug-likeness (QED) is 0.556. The van der Waals surface area contributed by atoms with Crippen molar-refractivity contribution in [3.8, 4) is 0 Å². The summed E-state index contributed by atoms with van der Waals surface area (Å²) in [6.45, 7) is 3.90. The molecule has 1 fully saturated rings. The molecule has 4 nitrogen and oxygen atoms in total. The summed E-state index contributed by atoms with van der Waals surface area (Å²) >= 11 is 1.99. The van der Waals surface area contributed by atoms with Gasteiger partial charge in [-0.2, -0.15) is 11.8 Å². The van der Waals surface area contributed by atoms with Gasteiger partial charge in [0.15, 0.2) is 0 Å². The molecule has 1 aliphatic heterocycles. The van der Waals surface area contributed by atoms with E-state index in [1.54, 1.807) is 0 Å². The number of aromatic amines is 1. The van der Waals surface area contributed by atoms with Gasteiger partial charge < -0.3 is 15.0 Å². The van der Waals surface area contributed by atoms with Crippen molar-refractivity contribution in [3.05, 3.63) is 65.4 Å². The Morgan fingerprint density at radius 1 is 1.17 bits per heavy atom. The molecule has 0 radical (unpaired) electrons. The third-order valence-electron chi connectivity index (χ3n) is 5.48. The zero-order valence-electron chi connectivity index (χ0n) is 16.9. The highest BCUT2D eigenvalue weighted by Gasteiger charge is 2.14. The summed E-state index contributed by atoms with van der Waals surface area (Å²) in [7, 11) is 0. The summed E-state index contributed by atoms with van der Waals surface area (Å²) < 4.78 is 5.43. The SMILES string of the molecule is CCc1cccc2c(CC(=O)Nc3cccc(CSC4CCOCC4)c3)c[nH]c12. The fraction of sp³-hybridized carbons (Fsp3) is 0.375. The monoisotopic (exact) mass is 408 g/mol. The van der Waals surface area contributed by atoms with Crippen molar-refractivity contribution in [1.82, 2.24) is 4.98 Å². The molecule has 2 aromatic carbocycles. The number of carbonyl (C=O) groups excluding carboxylic acids is 1. The Kier molecular flexibility index (Phi) is 6.57. The van der Waals surface area contributed by atoms with Crippen LogP contribution in [-0.2, 0) is 28.1 Å². The van der Waals surface area contributed by atoms with Crippen molar-refractivity contribution in [3.63, 3.8) is 0 Å². The van der Waals surface area contributed by atoms with E-state index in [2.05, 4.69) is 47.6 Å². The molecule has 152 valence electrons. The van der Waals surface area contributed by atoms with Gasteiger partial charge in [-0.3, -0.25) is 4.79 Å². The number of thioether (sulfide) groups is 1. The number of rotatable bonds is 7. The minimum atomic E-state index is 0.0158. The van der Waals surface area contributed by atoms with Gasteiger partial charge >= 0.3 is 0 Å². The summed E-state index contributed by atoms with van der Waals surface area (Å²) in [6, 6.07) is 14.5. The van der Waals surface area contributed by atoms with E-state index in [1.807, 2.05) is 30.1 Å². The number of hydrogen-bond acceptors (Lipinski definition) is 3. The van der Waals surface area contributed by atoms with Crippen molar-refractivity contribution < 1.29 is 9.53 Å². The van der Waals surface area contributed by atoms with Crippen LogP contribution in [-0.4, -0.2) is 29.4 Å². The third-order valence-corrected chi connectivity index (χ3v) is 6.93. The number of ether oxygens (including phenoxy) is 1. The summed E-state index contributed by atoms with van der Waals surface area (Å²) in [4.78, 5) is 16.0. The van der Waals surface area contributed by atoms with Gasteiger partial charge in [0.2, 0.25) is 5.91 Å². The van der Waals surface area contributed by atoms with Crippen LogP contribution in [0.1, 0.15) is 36.5 Å². The summed E-state index contributed by atoms with van der Waals surface area (Å²) in [5, 5.41) is 4.89. The molecule has 3 aromatic rings. The van der Waals surface area contributed by atoms with Crippen LogP contribution in [0, 0.1) is 0 Å². The lowest BCUT2D eigenvalue weighted by Crippen LogP contribution is -2.17. The number of aromatic nitrogens is 1. The average molecular weight is 409 g/mol. The average Bonchev–Trinajstić information content (AvgIpc) is 3.16. The van der Waals surface area contributed by atoms with Crippen molar-refractivity contribution in [2.45, 2.75) is 43.6 Å². The van der Waals surface area contributed by atoms with Crippen LogP contribution in [0.15, 0.2) is 48.7 Å². The number of benzene rings is 2. The first kappa shape index (κ1) is 20.0. The van der Waals surface area contributed by atoms with Crippen molar-refractivity contribution in [2.75, 3.05) is 18.5 Å². The molecule has 1 saturated heterocycles.